The highest BCUT2D eigenvalue weighted by Crippen LogP contribution is 2.12. The van der Waals surface area contributed by atoms with Gasteiger partial charge in [0.15, 0.2) is 0 Å². The molecule has 0 aliphatic carbocycles. The first-order valence-electron chi connectivity index (χ1n) is 6.42. The minimum absolute atomic E-state index is 0.598. The zero-order chi connectivity index (χ0) is 12.0. The number of benzene rings is 1. The second kappa shape index (κ2) is 6.70. The lowest BCUT2D eigenvalue weighted by Gasteiger charge is -2.21. The van der Waals surface area contributed by atoms with Gasteiger partial charge in [0, 0.05) is 6.04 Å². The molecule has 1 rings (SSSR count). The van der Waals surface area contributed by atoms with Gasteiger partial charge < -0.3 is 5.32 Å². The summed E-state index contributed by atoms with van der Waals surface area (Å²) in [5.41, 5.74) is 2.79. The first-order chi connectivity index (χ1) is 7.63. The van der Waals surface area contributed by atoms with E-state index in [1.807, 2.05) is 0 Å². The second-order valence-electron chi connectivity index (χ2n) is 4.91. The molecule has 0 fully saturated rings. The highest BCUT2D eigenvalue weighted by molar-refractivity contribution is 5.21. The average molecular weight is 219 g/mol. The first-order valence-corrected chi connectivity index (χ1v) is 6.42. The molecular formula is C15H25N. The molecule has 0 aliphatic rings. The van der Waals surface area contributed by atoms with Crippen molar-refractivity contribution in [3.8, 4) is 0 Å². The Morgan fingerprint density at radius 2 is 1.75 bits per heavy atom. The van der Waals surface area contributed by atoms with Crippen molar-refractivity contribution in [2.45, 2.75) is 46.6 Å². The van der Waals surface area contributed by atoms with Gasteiger partial charge in [-0.1, -0.05) is 43.7 Å². The number of aryl methyl sites for hydroxylation is 1. The molecule has 1 aromatic rings. The Bertz CT molecular complexity index is 289. The number of nitrogens with one attached hydrogen (secondary N) is 1. The van der Waals surface area contributed by atoms with Crippen LogP contribution in [0.25, 0.3) is 0 Å². The molecule has 0 heterocycles. The SMILES string of the molecule is CCCNC(C)C(C)Cc1ccc(C)cc1. The van der Waals surface area contributed by atoms with Crippen LogP contribution in [0.5, 0.6) is 0 Å². The molecule has 2 atom stereocenters. The van der Waals surface area contributed by atoms with Gasteiger partial charge in [0.05, 0.1) is 0 Å². The van der Waals surface area contributed by atoms with Crippen LogP contribution in [0.2, 0.25) is 0 Å². The maximum atomic E-state index is 3.56. The standard InChI is InChI=1S/C15H25N/c1-5-10-16-14(4)13(3)11-15-8-6-12(2)7-9-15/h6-9,13-14,16H,5,10-11H2,1-4H3. The molecule has 1 nitrogen and oxygen atoms in total. The zero-order valence-electron chi connectivity index (χ0n) is 11.1. The summed E-state index contributed by atoms with van der Waals surface area (Å²) in [7, 11) is 0. The van der Waals surface area contributed by atoms with Crippen LogP contribution >= 0.6 is 0 Å². The molecule has 0 amide bonds. The van der Waals surface area contributed by atoms with Crippen LogP contribution in [0.15, 0.2) is 24.3 Å². The summed E-state index contributed by atoms with van der Waals surface area (Å²) in [6.07, 6.45) is 2.37. The van der Waals surface area contributed by atoms with Crippen molar-refractivity contribution in [2.75, 3.05) is 6.54 Å². The van der Waals surface area contributed by atoms with Gasteiger partial charge in [-0.3, -0.25) is 0 Å². The van der Waals surface area contributed by atoms with E-state index in [0.717, 1.165) is 13.0 Å². The van der Waals surface area contributed by atoms with Crippen molar-refractivity contribution in [3.05, 3.63) is 35.4 Å². The summed E-state index contributed by atoms with van der Waals surface area (Å²) >= 11 is 0. The summed E-state index contributed by atoms with van der Waals surface area (Å²) in [4.78, 5) is 0. The fourth-order valence-electron chi connectivity index (χ4n) is 1.85. The van der Waals surface area contributed by atoms with Crippen LogP contribution in [0, 0.1) is 12.8 Å². The van der Waals surface area contributed by atoms with E-state index in [-0.39, 0.29) is 0 Å². The fraction of sp³-hybridized carbons (Fsp3) is 0.600. The molecule has 0 aliphatic heterocycles. The molecule has 16 heavy (non-hydrogen) atoms. The first kappa shape index (κ1) is 13.2. The van der Waals surface area contributed by atoms with Crippen molar-refractivity contribution in [1.29, 1.82) is 0 Å². The minimum Gasteiger partial charge on any atom is -0.314 e. The van der Waals surface area contributed by atoms with E-state index in [1.165, 1.54) is 17.5 Å². The van der Waals surface area contributed by atoms with E-state index < -0.39 is 0 Å². The topological polar surface area (TPSA) is 12.0 Å². The Balaban J connectivity index is 2.43. The summed E-state index contributed by atoms with van der Waals surface area (Å²) in [6, 6.07) is 9.50. The van der Waals surface area contributed by atoms with Crippen LogP contribution in [0.4, 0.5) is 0 Å². The van der Waals surface area contributed by atoms with Gasteiger partial charge >= 0.3 is 0 Å². The van der Waals surface area contributed by atoms with E-state index in [1.54, 1.807) is 0 Å². The Labute approximate surface area is 100 Å². The van der Waals surface area contributed by atoms with Crippen molar-refractivity contribution >= 4 is 0 Å². The van der Waals surface area contributed by atoms with Crippen LogP contribution in [-0.4, -0.2) is 12.6 Å². The van der Waals surface area contributed by atoms with E-state index >= 15 is 0 Å². The highest BCUT2D eigenvalue weighted by atomic mass is 14.9. The average Bonchev–Trinajstić information content (AvgIpc) is 2.29. The Hall–Kier alpha value is -0.820. The Morgan fingerprint density at radius 1 is 1.12 bits per heavy atom. The zero-order valence-corrected chi connectivity index (χ0v) is 11.1. The third-order valence-electron chi connectivity index (χ3n) is 3.25. The van der Waals surface area contributed by atoms with Crippen LogP contribution in [-0.2, 0) is 6.42 Å². The predicted octanol–water partition coefficient (Wildman–Crippen LogP) is 3.56. The van der Waals surface area contributed by atoms with E-state index in [9.17, 15) is 0 Å². The number of hydrogen-bond donors (Lipinski definition) is 1. The molecule has 0 radical (unpaired) electrons. The maximum absolute atomic E-state index is 3.56. The Kier molecular flexibility index (Phi) is 5.54. The third-order valence-corrected chi connectivity index (χ3v) is 3.25. The monoisotopic (exact) mass is 219 g/mol. The fourth-order valence-corrected chi connectivity index (χ4v) is 1.85. The molecule has 0 aromatic heterocycles. The lowest BCUT2D eigenvalue weighted by Crippen LogP contribution is -2.33. The molecule has 90 valence electrons. The molecule has 0 spiro atoms. The molecule has 1 N–H and O–H groups in total. The smallest absolute Gasteiger partial charge is 0.00675 e. The van der Waals surface area contributed by atoms with Gasteiger partial charge in [-0.05, 0) is 44.7 Å². The molecule has 1 aromatic carbocycles. The summed E-state index contributed by atoms with van der Waals surface area (Å²) in [6.45, 7) is 10.1. The highest BCUT2D eigenvalue weighted by Gasteiger charge is 2.11. The van der Waals surface area contributed by atoms with E-state index in [0.29, 0.717) is 12.0 Å². The van der Waals surface area contributed by atoms with E-state index in [2.05, 4.69) is 57.3 Å². The Morgan fingerprint density at radius 3 is 2.31 bits per heavy atom. The largest absolute Gasteiger partial charge is 0.314 e. The van der Waals surface area contributed by atoms with Crippen molar-refractivity contribution in [1.82, 2.24) is 5.32 Å². The molecular weight excluding hydrogens is 194 g/mol. The minimum atomic E-state index is 0.598. The van der Waals surface area contributed by atoms with Gasteiger partial charge in [-0.25, -0.2) is 0 Å². The lowest BCUT2D eigenvalue weighted by atomic mass is 9.94. The molecule has 1 heteroatoms. The van der Waals surface area contributed by atoms with Crippen LogP contribution < -0.4 is 5.32 Å². The molecule has 0 bridgehead atoms. The number of hydrogen-bond acceptors (Lipinski definition) is 1. The van der Waals surface area contributed by atoms with Crippen molar-refractivity contribution < 1.29 is 0 Å². The van der Waals surface area contributed by atoms with Gasteiger partial charge in [0.1, 0.15) is 0 Å². The second-order valence-corrected chi connectivity index (χ2v) is 4.91. The van der Waals surface area contributed by atoms with Crippen LogP contribution in [0.1, 0.15) is 38.3 Å². The van der Waals surface area contributed by atoms with Crippen LogP contribution in [0.3, 0.4) is 0 Å². The van der Waals surface area contributed by atoms with Gasteiger partial charge in [-0.15, -0.1) is 0 Å². The maximum Gasteiger partial charge on any atom is 0.00675 e. The quantitative estimate of drug-likeness (QED) is 0.771. The molecule has 2 unspecified atom stereocenters. The van der Waals surface area contributed by atoms with Crippen molar-refractivity contribution in [2.24, 2.45) is 5.92 Å². The van der Waals surface area contributed by atoms with Crippen molar-refractivity contribution in [3.63, 3.8) is 0 Å². The van der Waals surface area contributed by atoms with Gasteiger partial charge in [-0.2, -0.15) is 0 Å². The van der Waals surface area contributed by atoms with Gasteiger partial charge in [0.25, 0.3) is 0 Å². The summed E-state index contributed by atoms with van der Waals surface area (Å²) < 4.78 is 0. The van der Waals surface area contributed by atoms with E-state index in [4.69, 9.17) is 0 Å². The third kappa shape index (κ3) is 4.36. The predicted molar refractivity (Wildman–Crippen MR) is 71.8 cm³/mol. The summed E-state index contributed by atoms with van der Waals surface area (Å²) in [5.74, 6) is 0.689. The number of rotatable bonds is 6. The van der Waals surface area contributed by atoms with Gasteiger partial charge in [0.2, 0.25) is 0 Å². The molecule has 0 saturated heterocycles. The summed E-state index contributed by atoms with van der Waals surface area (Å²) in [5, 5.41) is 3.56. The molecule has 0 saturated carbocycles. The lowest BCUT2D eigenvalue weighted by molar-refractivity contribution is 0.399. The normalized spacial score (nSPS) is 14.8.